The molecule has 2 aromatic carbocycles. The van der Waals surface area contributed by atoms with Crippen molar-refractivity contribution in [3.63, 3.8) is 0 Å². The van der Waals surface area contributed by atoms with Gasteiger partial charge in [0.05, 0.1) is 12.1 Å². The molecule has 0 unspecified atom stereocenters. The van der Waals surface area contributed by atoms with Crippen LogP contribution in [0.1, 0.15) is 16.3 Å². The molecule has 0 aliphatic rings. The highest BCUT2D eigenvalue weighted by atomic mass is 32.1. The van der Waals surface area contributed by atoms with E-state index < -0.39 is 0 Å². The summed E-state index contributed by atoms with van der Waals surface area (Å²) < 4.78 is 18.5. The van der Waals surface area contributed by atoms with Crippen molar-refractivity contribution in [1.29, 1.82) is 0 Å². The summed E-state index contributed by atoms with van der Waals surface area (Å²) in [4.78, 5) is 16.4. The molecule has 0 fully saturated rings. The van der Waals surface area contributed by atoms with Crippen molar-refractivity contribution in [2.24, 2.45) is 0 Å². The van der Waals surface area contributed by atoms with Crippen molar-refractivity contribution in [3.8, 4) is 5.75 Å². The number of carbonyl (C=O) groups excluding carboxylic acids is 1. The highest BCUT2D eigenvalue weighted by Gasteiger charge is 2.08. The molecule has 0 saturated carbocycles. The van der Waals surface area contributed by atoms with E-state index >= 15 is 0 Å². The zero-order chi connectivity index (χ0) is 17.5. The molecule has 1 heterocycles. The van der Waals surface area contributed by atoms with Crippen molar-refractivity contribution in [2.75, 3.05) is 0 Å². The number of nitrogens with one attached hydrogen (secondary N) is 1. The molecule has 25 heavy (non-hydrogen) atoms. The Morgan fingerprint density at radius 1 is 1.12 bits per heavy atom. The molecule has 0 aliphatic heterocycles. The molecular weight excluding hydrogens is 339 g/mol. The number of thiazole rings is 1. The summed E-state index contributed by atoms with van der Waals surface area (Å²) in [6.07, 6.45) is 0.211. The van der Waals surface area contributed by atoms with Gasteiger partial charge >= 0.3 is 0 Å². The molecule has 3 rings (SSSR count). The van der Waals surface area contributed by atoms with Gasteiger partial charge in [-0.1, -0.05) is 30.3 Å². The molecule has 1 N–H and O–H groups in total. The highest BCUT2D eigenvalue weighted by molar-refractivity contribution is 7.09. The number of nitrogens with zero attached hydrogens (tertiary/aromatic N) is 1. The fourth-order valence-electron chi connectivity index (χ4n) is 2.19. The summed E-state index contributed by atoms with van der Waals surface area (Å²) in [5, 5.41) is 5.49. The maximum absolute atomic E-state index is 12.8. The second-order valence-corrected chi connectivity index (χ2v) is 6.36. The highest BCUT2D eigenvalue weighted by Crippen LogP contribution is 2.15. The second-order valence-electron chi connectivity index (χ2n) is 5.41. The molecule has 0 radical (unpaired) electrons. The van der Waals surface area contributed by atoms with Gasteiger partial charge < -0.3 is 10.1 Å². The number of ether oxygens (including phenoxy) is 1. The van der Waals surface area contributed by atoms with Crippen molar-refractivity contribution >= 4 is 17.2 Å². The quantitative estimate of drug-likeness (QED) is 0.702. The number of amides is 1. The molecule has 0 aliphatic carbocycles. The van der Waals surface area contributed by atoms with Crippen LogP contribution in [0.2, 0.25) is 0 Å². The summed E-state index contributed by atoms with van der Waals surface area (Å²) in [6, 6.07) is 15.6. The van der Waals surface area contributed by atoms with Crippen LogP contribution in [0.4, 0.5) is 4.39 Å². The van der Waals surface area contributed by atoms with E-state index in [0.29, 0.717) is 18.8 Å². The van der Waals surface area contributed by atoms with Crippen molar-refractivity contribution < 1.29 is 13.9 Å². The fourth-order valence-corrected chi connectivity index (χ4v) is 2.89. The number of halogens is 1. The maximum atomic E-state index is 12.8. The number of hydrogen-bond acceptors (Lipinski definition) is 4. The van der Waals surface area contributed by atoms with Crippen LogP contribution in [0.15, 0.2) is 60.0 Å². The van der Waals surface area contributed by atoms with Crippen LogP contribution in [0.25, 0.3) is 0 Å². The first-order valence-electron chi connectivity index (χ1n) is 7.81. The summed E-state index contributed by atoms with van der Waals surface area (Å²) >= 11 is 1.47. The van der Waals surface area contributed by atoms with Gasteiger partial charge in [0.1, 0.15) is 23.2 Å². The van der Waals surface area contributed by atoms with Crippen LogP contribution in [0.5, 0.6) is 5.75 Å². The number of hydrogen-bond donors (Lipinski definition) is 1. The predicted molar refractivity (Wildman–Crippen MR) is 94.8 cm³/mol. The van der Waals surface area contributed by atoms with Crippen LogP contribution >= 0.6 is 11.3 Å². The van der Waals surface area contributed by atoms with Crippen LogP contribution < -0.4 is 10.1 Å². The largest absolute Gasteiger partial charge is 0.486 e. The van der Waals surface area contributed by atoms with E-state index in [2.05, 4.69) is 10.3 Å². The standard InChI is InChI=1S/C19H17FN2O2S/c20-15-8-6-14(7-9-15)11-21-18(23)10-16-13-25-19(22-16)12-24-17-4-2-1-3-5-17/h1-9,13H,10-12H2,(H,21,23). The average Bonchev–Trinajstić information content (AvgIpc) is 3.08. The predicted octanol–water partition coefficient (Wildman–Crippen LogP) is 3.72. The number of benzene rings is 2. The minimum atomic E-state index is -0.289. The van der Waals surface area contributed by atoms with E-state index in [1.54, 1.807) is 12.1 Å². The van der Waals surface area contributed by atoms with Crippen LogP contribution in [-0.2, 0) is 24.4 Å². The lowest BCUT2D eigenvalue weighted by molar-refractivity contribution is -0.120. The number of carbonyl (C=O) groups is 1. The summed E-state index contributed by atoms with van der Waals surface area (Å²) in [6.45, 7) is 0.749. The first-order chi connectivity index (χ1) is 12.2. The molecule has 3 aromatic rings. The minimum Gasteiger partial charge on any atom is -0.486 e. The molecule has 128 valence electrons. The molecular formula is C19H17FN2O2S. The van der Waals surface area contributed by atoms with Gasteiger partial charge in [-0.05, 0) is 29.8 Å². The van der Waals surface area contributed by atoms with Gasteiger partial charge in [0.2, 0.25) is 5.91 Å². The van der Waals surface area contributed by atoms with Gasteiger partial charge in [-0.3, -0.25) is 4.79 Å². The Bertz CT molecular complexity index is 819. The molecule has 0 saturated heterocycles. The van der Waals surface area contributed by atoms with E-state index in [1.165, 1.54) is 23.5 Å². The fraction of sp³-hybridized carbons (Fsp3) is 0.158. The molecule has 0 bridgehead atoms. The van der Waals surface area contributed by atoms with Crippen molar-refractivity contribution in [2.45, 2.75) is 19.6 Å². The minimum absolute atomic E-state index is 0.120. The summed E-state index contributed by atoms with van der Waals surface area (Å²) in [5.41, 5.74) is 1.57. The van der Waals surface area contributed by atoms with E-state index in [-0.39, 0.29) is 18.1 Å². The molecule has 1 aromatic heterocycles. The Balaban J connectivity index is 1.45. The first-order valence-corrected chi connectivity index (χ1v) is 8.69. The van der Waals surface area contributed by atoms with Crippen molar-refractivity contribution in [1.82, 2.24) is 10.3 Å². The van der Waals surface area contributed by atoms with Gasteiger partial charge in [-0.2, -0.15) is 0 Å². The van der Waals surface area contributed by atoms with Crippen LogP contribution in [0, 0.1) is 5.82 Å². The second kappa shape index (κ2) is 8.39. The number of aromatic nitrogens is 1. The summed E-state index contributed by atoms with van der Waals surface area (Å²) in [7, 11) is 0. The Morgan fingerprint density at radius 3 is 2.64 bits per heavy atom. The first kappa shape index (κ1) is 17.1. The third-order valence-electron chi connectivity index (χ3n) is 3.45. The number of para-hydroxylation sites is 1. The van der Waals surface area contributed by atoms with Gasteiger partial charge in [-0.15, -0.1) is 11.3 Å². The monoisotopic (exact) mass is 356 g/mol. The van der Waals surface area contributed by atoms with Gasteiger partial charge in [-0.25, -0.2) is 9.37 Å². The Morgan fingerprint density at radius 2 is 1.88 bits per heavy atom. The SMILES string of the molecule is O=C(Cc1csc(COc2ccccc2)n1)NCc1ccc(F)cc1. The maximum Gasteiger partial charge on any atom is 0.226 e. The molecule has 1 amide bonds. The smallest absolute Gasteiger partial charge is 0.226 e. The normalized spacial score (nSPS) is 10.4. The molecule has 0 atom stereocenters. The van der Waals surface area contributed by atoms with E-state index in [0.717, 1.165) is 16.3 Å². The Hall–Kier alpha value is -2.73. The van der Waals surface area contributed by atoms with Gasteiger partial charge in [0.25, 0.3) is 0 Å². The van der Waals surface area contributed by atoms with E-state index in [9.17, 15) is 9.18 Å². The lowest BCUT2D eigenvalue weighted by atomic mass is 10.2. The Labute approximate surface area is 149 Å². The summed E-state index contributed by atoms with van der Waals surface area (Å²) in [5.74, 6) is 0.379. The topological polar surface area (TPSA) is 51.2 Å². The molecule has 4 nitrogen and oxygen atoms in total. The third-order valence-corrected chi connectivity index (χ3v) is 4.32. The average molecular weight is 356 g/mol. The van der Waals surface area contributed by atoms with E-state index in [4.69, 9.17) is 4.74 Å². The van der Waals surface area contributed by atoms with Crippen LogP contribution in [0.3, 0.4) is 0 Å². The number of rotatable bonds is 7. The lowest BCUT2D eigenvalue weighted by Gasteiger charge is -2.04. The molecule has 0 spiro atoms. The van der Waals surface area contributed by atoms with Crippen LogP contribution in [-0.4, -0.2) is 10.9 Å². The van der Waals surface area contributed by atoms with E-state index in [1.807, 2.05) is 35.7 Å². The van der Waals surface area contributed by atoms with Gasteiger partial charge in [0.15, 0.2) is 0 Å². The van der Waals surface area contributed by atoms with Gasteiger partial charge in [0, 0.05) is 11.9 Å². The zero-order valence-electron chi connectivity index (χ0n) is 13.4. The zero-order valence-corrected chi connectivity index (χ0v) is 14.3. The van der Waals surface area contributed by atoms with Crippen molar-refractivity contribution in [3.05, 3.63) is 82.1 Å². The molecule has 6 heteroatoms. The Kier molecular flexibility index (Phi) is 5.74. The third kappa shape index (κ3) is 5.39. The lowest BCUT2D eigenvalue weighted by Crippen LogP contribution is -2.24.